The van der Waals surface area contributed by atoms with Crippen molar-refractivity contribution in [2.24, 2.45) is 0 Å². The largest absolute Gasteiger partial charge is 0.351 e. The van der Waals surface area contributed by atoms with E-state index in [0.29, 0.717) is 23.1 Å². The van der Waals surface area contributed by atoms with Crippen molar-refractivity contribution >= 4 is 21.8 Å². The maximum atomic E-state index is 13.1. The lowest BCUT2D eigenvalue weighted by atomic mass is 10.2. The number of nitrogens with one attached hydrogen (secondary N) is 2. The maximum absolute atomic E-state index is 13.1. The number of rotatable bonds is 5. The number of hydrogen-bond acceptors (Lipinski definition) is 2. The number of amides is 1. The quantitative estimate of drug-likeness (QED) is 0.813. The van der Waals surface area contributed by atoms with Crippen LogP contribution in [0.4, 0.5) is 4.39 Å². The van der Waals surface area contributed by atoms with E-state index in [1.165, 1.54) is 12.1 Å². The Labute approximate surface area is 103 Å². The van der Waals surface area contributed by atoms with Gasteiger partial charge in [0.2, 0.25) is 0 Å². The predicted molar refractivity (Wildman–Crippen MR) is 65.0 cm³/mol. The zero-order chi connectivity index (χ0) is 12.0. The molecule has 0 saturated heterocycles. The van der Waals surface area contributed by atoms with E-state index in [1.807, 2.05) is 6.92 Å². The lowest BCUT2D eigenvalue weighted by molar-refractivity contribution is 0.0953. The fourth-order valence-electron chi connectivity index (χ4n) is 1.18. The Kier molecular flexibility index (Phi) is 5.42. The van der Waals surface area contributed by atoms with Crippen molar-refractivity contribution < 1.29 is 9.18 Å². The zero-order valence-corrected chi connectivity index (χ0v) is 10.6. The highest BCUT2D eigenvalue weighted by molar-refractivity contribution is 9.10. The van der Waals surface area contributed by atoms with Gasteiger partial charge in [-0.2, -0.15) is 0 Å². The highest BCUT2D eigenvalue weighted by atomic mass is 79.9. The first-order chi connectivity index (χ1) is 7.65. The second kappa shape index (κ2) is 6.60. The first-order valence-electron chi connectivity index (χ1n) is 5.09. The van der Waals surface area contributed by atoms with Crippen molar-refractivity contribution in [3.63, 3.8) is 0 Å². The Balaban J connectivity index is 2.50. The van der Waals surface area contributed by atoms with E-state index in [2.05, 4.69) is 26.6 Å². The molecule has 0 saturated carbocycles. The Bertz CT molecular complexity index is 371. The standard InChI is InChI=1S/C11H14BrFN2O/c1-2-14-5-6-15-11(16)8-3-4-9(12)10(13)7-8/h3-4,7,14H,2,5-6H2,1H3,(H,15,16). The van der Waals surface area contributed by atoms with Gasteiger partial charge in [-0.3, -0.25) is 4.79 Å². The molecule has 88 valence electrons. The minimum Gasteiger partial charge on any atom is -0.351 e. The van der Waals surface area contributed by atoms with E-state index in [9.17, 15) is 9.18 Å². The molecule has 0 aliphatic rings. The summed E-state index contributed by atoms with van der Waals surface area (Å²) in [6.07, 6.45) is 0. The van der Waals surface area contributed by atoms with E-state index in [0.717, 1.165) is 6.54 Å². The van der Waals surface area contributed by atoms with Gasteiger partial charge in [-0.25, -0.2) is 4.39 Å². The van der Waals surface area contributed by atoms with Crippen molar-refractivity contribution in [1.29, 1.82) is 0 Å². The number of hydrogen-bond donors (Lipinski definition) is 2. The third kappa shape index (κ3) is 3.90. The number of carbonyl (C=O) groups is 1. The maximum Gasteiger partial charge on any atom is 0.251 e. The monoisotopic (exact) mass is 288 g/mol. The molecule has 1 rings (SSSR count). The Morgan fingerprint density at radius 1 is 1.44 bits per heavy atom. The topological polar surface area (TPSA) is 41.1 Å². The first kappa shape index (κ1) is 13.1. The molecular weight excluding hydrogens is 275 g/mol. The van der Waals surface area contributed by atoms with Gasteiger partial charge < -0.3 is 10.6 Å². The third-order valence-electron chi connectivity index (χ3n) is 2.02. The molecule has 1 amide bonds. The normalized spacial score (nSPS) is 10.2. The molecule has 1 aromatic rings. The van der Waals surface area contributed by atoms with Gasteiger partial charge in [-0.05, 0) is 40.7 Å². The van der Waals surface area contributed by atoms with Gasteiger partial charge >= 0.3 is 0 Å². The van der Waals surface area contributed by atoms with Crippen LogP contribution in [-0.2, 0) is 0 Å². The first-order valence-corrected chi connectivity index (χ1v) is 5.88. The van der Waals surface area contributed by atoms with Crippen LogP contribution in [-0.4, -0.2) is 25.5 Å². The minimum atomic E-state index is -0.431. The van der Waals surface area contributed by atoms with E-state index >= 15 is 0 Å². The highest BCUT2D eigenvalue weighted by Gasteiger charge is 2.07. The summed E-state index contributed by atoms with van der Waals surface area (Å²) in [5, 5.41) is 5.78. The fraction of sp³-hybridized carbons (Fsp3) is 0.364. The molecule has 0 aliphatic carbocycles. The van der Waals surface area contributed by atoms with Crippen LogP contribution in [0, 0.1) is 5.82 Å². The van der Waals surface area contributed by atoms with Gasteiger partial charge in [-0.1, -0.05) is 6.92 Å². The molecule has 16 heavy (non-hydrogen) atoms. The summed E-state index contributed by atoms with van der Waals surface area (Å²) >= 11 is 3.03. The molecule has 0 aromatic heterocycles. The molecule has 0 atom stereocenters. The second-order valence-corrected chi connectivity index (χ2v) is 4.09. The smallest absolute Gasteiger partial charge is 0.251 e. The number of halogens is 2. The Hall–Kier alpha value is -0.940. The molecule has 0 aliphatic heterocycles. The molecule has 1 aromatic carbocycles. The van der Waals surface area contributed by atoms with Crippen molar-refractivity contribution in [3.05, 3.63) is 34.1 Å². The summed E-state index contributed by atoms with van der Waals surface area (Å²) in [6.45, 7) is 4.10. The summed E-state index contributed by atoms with van der Waals surface area (Å²) in [7, 11) is 0. The van der Waals surface area contributed by atoms with Crippen molar-refractivity contribution in [1.82, 2.24) is 10.6 Å². The summed E-state index contributed by atoms with van der Waals surface area (Å²) in [5.41, 5.74) is 0.331. The van der Waals surface area contributed by atoms with Crippen LogP contribution >= 0.6 is 15.9 Å². The van der Waals surface area contributed by atoms with E-state index in [-0.39, 0.29) is 5.91 Å². The molecular formula is C11H14BrFN2O. The van der Waals surface area contributed by atoms with E-state index in [1.54, 1.807) is 6.07 Å². The third-order valence-corrected chi connectivity index (χ3v) is 2.66. The second-order valence-electron chi connectivity index (χ2n) is 3.24. The van der Waals surface area contributed by atoms with E-state index < -0.39 is 5.82 Å². The molecule has 2 N–H and O–H groups in total. The van der Waals surface area contributed by atoms with Crippen LogP contribution in [0.3, 0.4) is 0 Å². The lowest BCUT2D eigenvalue weighted by Gasteiger charge is -2.06. The van der Waals surface area contributed by atoms with Crippen molar-refractivity contribution in [2.75, 3.05) is 19.6 Å². The van der Waals surface area contributed by atoms with Gasteiger partial charge in [0.25, 0.3) is 5.91 Å². The predicted octanol–water partition coefficient (Wildman–Crippen LogP) is 1.93. The molecule has 0 fully saturated rings. The molecule has 3 nitrogen and oxygen atoms in total. The molecule has 0 heterocycles. The molecule has 0 unspecified atom stereocenters. The molecule has 0 spiro atoms. The van der Waals surface area contributed by atoms with Crippen LogP contribution in [0.5, 0.6) is 0 Å². The highest BCUT2D eigenvalue weighted by Crippen LogP contribution is 2.16. The Morgan fingerprint density at radius 2 is 2.19 bits per heavy atom. The molecule has 5 heteroatoms. The summed E-state index contributed by atoms with van der Waals surface area (Å²) in [5.74, 6) is -0.691. The van der Waals surface area contributed by atoms with Gasteiger partial charge in [0.05, 0.1) is 4.47 Å². The van der Waals surface area contributed by atoms with Crippen LogP contribution in [0.1, 0.15) is 17.3 Å². The number of likely N-dealkylation sites (N-methyl/N-ethyl adjacent to an activating group) is 1. The number of benzene rings is 1. The summed E-state index contributed by atoms with van der Waals surface area (Å²) in [6, 6.07) is 4.32. The van der Waals surface area contributed by atoms with Crippen molar-refractivity contribution in [3.8, 4) is 0 Å². The molecule has 0 bridgehead atoms. The Morgan fingerprint density at radius 3 is 2.81 bits per heavy atom. The minimum absolute atomic E-state index is 0.260. The van der Waals surface area contributed by atoms with Crippen molar-refractivity contribution in [2.45, 2.75) is 6.92 Å². The average molecular weight is 289 g/mol. The average Bonchev–Trinajstić information content (AvgIpc) is 2.28. The van der Waals surface area contributed by atoms with Gasteiger partial charge in [0, 0.05) is 18.7 Å². The lowest BCUT2D eigenvalue weighted by Crippen LogP contribution is -2.31. The van der Waals surface area contributed by atoms with Crippen LogP contribution < -0.4 is 10.6 Å². The van der Waals surface area contributed by atoms with E-state index in [4.69, 9.17) is 0 Å². The SMILES string of the molecule is CCNCCNC(=O)c1ccc(Br)c(F)c1. The zero-order valence-electron chi connectivity index (χ0n) is 9.02. The van der Waals surface area contributed by atoms with Crippen LogP contribution in [0.25, 0.3) is 0 Å². The van der Waals surface area contributed by atoms with Gasteiger partial charge in [-0.15, -0.1) is 0 Å². The summed E-state index contributed by atoms with van der Waals surface area (Å²) < 4.78 is 13.5. The fourth-order valence-corrected chi connectivity index (χ4v) is 1.43. The number of carbonyl (C=O) groups excluding carboxylic acids is 1. The van der Waals surface area contributed by atoms with Gasteiger partial charge in [0.1, 0.15) is 5.82 Å². The van der Waals surface area contributed by atoms with Crippen LogP contribution in [0.2, 0.25) is 0 Å². The molecule has 0 radical (unpaired) electrons. The van der Waals surface area contributed by atoms with Gasteiger partial charge in [0.15, 0.2) is 0 Å². The van der Waals surface area contributed by atoms with Crippen LogP contribution in [0.15, 0.2) is 22.7 Å². The summed E-state index contributed by atoms with van der Waals surface area (Å²) in [4.78, 5) is 11.6.